The minimum Gasteiger partial charge on any atom is -0.496 e. The first-order chi connectivity index (χ1) is 7.65. The summed E-state index contributed by atoms with van der Waals surface area (Å²) >= 11 is 0. The number of methoxy groups -OCH3 is 2. The summed E-state index contributed by atoms with van der Waals surface area (Å²) in [6.45, 7) is 4.91. The van der Waals surface area contributed by atoms with Gasteiger partial charge in [-0.2, -0.15) is 0 Å². The highest BCUT2D eigenvalue weighted by Crippen LogP contribution is 2.35. The Morgan fingerprint density at radius 3 is 2.12 bits per heavy atom. The zero-order chi connectivity index (χ0) is 12.1. The van der Waals surface area contributed by atoms with Gasteiger partial charge in [-0.25, -0.2) is 0 Å². The molecule has 0 amide bonds. The molecule has 0 aliphatic heterocycles. The number of nitrogens with two attached hydrogens (primary N) is 1. The van der Waals surface area contributed by atoms with E-state index < -0.39 is 0 Å². The van der Waals surface area contributed by atoms with Crippen LogP contribution in [-0.2, 0) is 6.42 Å². The molecule has 0 bridgehead atoms. The van der Waals surface area contributed by atoms with Crippen molar-refractivity contribution in [3.63, 3.8) is 0 Å². The first-order valence-corrected chi connectivity index (χ1v) is 5.59. The lowest BCUT2D eigenvalue weighted by Crippen LogP contribution is -2.09. The molecule has 3 nitrogen and oxygen atoms in total. The third kappa shape index (κ3) is 2.47. The standard InChI is InChI=1S/C13H21NO2/c1-9(2)13-10(7-8-14)11(15-3)5-6-12(13)16-4/h5-6,9H,7-8,14H2,1-4H3. The van der Waals surface area contributed by atoms with Gasteiger partial charge in [-0.3, -0.25) is 0 Å². The van der Waals surface area contributed by atoms with E-state index in [4.69, 9.17) is 15.2 Å². The highest BCUT2D eigenvalue weighted by atomic mass is 16.5. The summed E-state index contributed by atoms with van der Waals surface area (Å²) in [6, 6.07) is 3.89. The van der Waals surface area contributed by atoms with Crippen LogP contribution < -0.4 is 15.2 Å². The van der Waals surface area contributed by atoms with Gasteiger partial charge in [0, 0.05) is 11.1 Å². The molecule has 1 aromatic rings. The summed E-state index contributed by atoms with van der Waals surface area (Å²) < 4.78 is 10.8. The van der Waals surface area contributed by atoms with E-state index in [0.29, 0.717) is 12.5 Å². The van der Waals surface area contributed by atoms with Crippen LogP contribution in [0.4, 0.5) is 0 Å². The van der Waals surface area contributed by atoms with E-state index in [1.807, 2.05) is 12.1 Å². The summed E-state index contributed by atoms with van der Waals surface area (Å²) in [5.74, 6) is 2.21. The third-order valence-corrected chi connectivity index (χ3v) is 2.69. The third-order valence-electron chi connectivity index (χ3n) is 2.69. The van der Waals surface area contributed by atoms with E-state index in [1.165, 1.54) is 11.1 Å². The van der Waals surface area contributed by atoms with Crippen molar-refractivity contribution >= 4 is 0 Å². The maximum atomic E-state index is 5.65. The molecule has 16 heavy (non-hydrogen) atoms. The Hall–Kier alpha value is -1.22. The van der Waals surface area contributed by atoms with Crippen molar-refractivity contribution in [2.45, 2.75) is 26.2 Å². The monoisotopic (exact) mass is 223 g/mol. The summed E-state index contributed by atoms with van der Waals surface area (Å²) in [6.07, 6.45) is 0.813. The van der Waals surface area contributed by atoms with Crippen LogP contribution in [-0.4, -0.2) is 20.8 Å². The van der Waals surface area contributed by atoms with Crippen molar-refractivity contribution in [3.05, 3.63) is 23.3 Å². The Labute approximate surface area is 97.6 Å². The molecule has 0 aliphatic carbocycles. The molecule has 0 atom stereocenters. The summed E-state index contributed by atoms with van der Waals surface area (Å²) in [4.78, 5) is 0. The Bertz CT molecular complexity index is 348. The summed E-state index contributed by atoms with van der Waals surface area (Å²) in [5.41, 5.74) is 8.02. The summed E-state index contributed by atoms with van der Waals surface area (Å²) in [7, 11) is 3.38. The van der Waals surface area contributed by atoms with Crippen LogP contribution >= 0.6 is 0 Å². The second kappa shape index (κ2) is 5.75. The van der Waals surface area contributed by atoms with Crippen molar-refractivity contribution in [2.24, 2.45) is 5.73 Å². The molecule has 0 radical (unpaired) electrons. The molecule has 3 heteroatoms. The van der Waals surface area contributed by atoms with Crippen LogP contribution in [0.15, 0.2) is 12.1 Å². The molecule has 0 heterocycles. The molecule has 90 valence electrons. The Balaban J connectivity index is 3.34. The lowest BCUT2D eigenvalue weighted by Gasteiger charge is -2.19. The first kappa shape index (κ1) is 12.8. The highest BCUT2D eigenvalue weighted by molar-refractivity contribution is 5.50. The SMILES string of the molecule is COc1ccc(OC)c(C(C)C)c1CCN. The number of benzene rings is 1. The predicted molar refractivity (Wildman–Crippen MR) is 66.4 cm³/mol. The minimum absolute atomic E-state index is 0.395. The molecule has 0 saturated carbocycles. The van der Waals surface area contributed by atoms with Gasteiger partial charge in [-0.15, -0.1) is 0 Å². The molecule has 0 saturated heterocycles. The second-order valence-electron chi connectivity index (χ2n) is 4.06. The minimum atomic E-state index is 0.395. The van der Waals surface area contributed by atoms with Crippen LogP contribution in [0.2, 0.25) is 0 Å². The molecule has 0 fully saturated rings. The fourth-order valence-corrected chi connectivity index (χ4v) is 2.03. The fourth-order valence-electron chi connectivity index (χ4n) is 2.03. The van der Waals surface area contributed by atoms with Crippen LogP contribution in [0, 0.1) is 0 Å². The summed E-state index contributed by atoms with van der Waals surface area (Å²) in [5, 5.41) is 0. The lowest BCUT2D eigenvalue weighted by molar-refractivity contribution is 0.392. The van der Waals surface area contributed by atoms with Gasteiger partial charge in [0.15, 0.2) is 0 Å². The Kier molecular flexibility index (Phi) is 4.62. The van der Waals surface area contributed by atoms with Gasteiger partial charge in [0.25, 0.3) is 0 Å². The smallest absolute Gasteiger partial charge is 0.122 e. The maximum absolute atomic E-state index is 5.65. The molecule has 1 rings (SSSR count). The first-order valence-electron chi connectivity index (χ1n) is 5.59. The zero-order valence-electron chi connectivity index (χ0n) is 10.5. The van der Waals surface area contributed by atoms with E-state index in [1.54, 1.807) is 14.2 Å². The largest absolute Gasteiger partial charge is 0.496 e. The van der Waals surface area contributed by atoms with Crippen LogP contribution in [0.5, 0.6) is 11.5 Å². The maximum Gasteiger partial charge on any atom is 0.122 e. The average Bonchev–Trinajstić information content (AvgIpc) is 2.28. The lowest BCUT2D eigenvalue weighted by atomic mass is 9.93. The van der Waals surface area contributed by atoms with Crippen molar-refractivity contribution in [1.29, 1.82) is 0 Å². The number of hydrogen-bond donors (Lipinski definition) is 1. The van der Waals surface area contributed by atoms with Crippen molar-refractivity contribution in [1.82, 2.24) is 0 Å². The second-order valence-corrected chi connectivity index (χ2v) is 4.06. The number of hydrogen-bond acceptors (Lipinski definition) is 3. The Morgan fingerprint density at radius 1 is 1.12 bits per heavy atom. The van der Waals surface area contributed by atoms with Gasteiger partial charge < -0.3 is 15.2 Å². The van der Waals surface area contributed by atoms with Gasteiger partial charge in [0.1, 0.15) is 11.5 Å². The molecular formula is C13H21NO2. The quantitative estimate of drug-likeness (QED) is 0.833. The van der Waals surface area contributed by atoms with Gasteiger partial charge in [-0.05, 0) is 31.0 Å². The normalized spacial score (nSPS) is 10.6. The molecule has 0 aliphatic rings. The van der Waals surface area contributed by atoms with E-state index in [2.05, 4.69) is 13.8 Å². The average molecular weight is 223 g/mol. The van der Waals surface area contributed by atoms with E-state index in [9.17, 15) is 0 Å². The van der Waals surface area contributed by atoms with Crippen molar-refractivity contribution in [2.75, 3.05) is 20.8 Å². The van der Waals surface area contributed by atoms with Crippen molar-refractivity contribution in [3.8, 4) is 11.5 Å². The van der Waals surface area contributed by atoms with Crippen LogP contribution in [0.1, 0.15) is 30.9 Å². The zero-order valence-corrected chi connectivity index (χ0v) is 10.5. The van der Waals surface area contributed by atoms with Crippen molar-refractivity contribution < 1.29 is 9.47 Å². The van der Waals surface area contributed by atoms with Crippen LogP contribution in [0.25, 0.3) is 0 Å². The molecular weight excluding hydrogens is 202 g/mol. The molecule has 0 spiro atoms. The Morgan fingerprint density at radius 2 is 1.69 bits per heavy atom. The van der Waals surface area contributed by atoms with Gasteiger partial charge in [0.05, 0.1) is 14.2 Å². The van der Waals surface area contributed by atoms with Gasteiger partial charge >= 0.3 is 0 Å². The molecule has 1 aromatic carbocycles. The highest BCUT2D eigenvalue weighted by Gasteiger charge is 2.16. The van der Waals surface area contributed by atoms with E-state index in [-0.39, 0.29) is 0 Å². The topological polar surface area (TPSA) is 44.5 Å². The van der Waals surface area contributed by atoms with Crippen LogP contribution in [0.3, 0.4) is 0 Å². The predicted octanol–water partition coefficient (Wildman–Crippen LogP) is 2.33. The van der Waals surface area contributed by atoms with E-state index in [0.717, 1.165) is 17.9 Å². The fraction of sp³-hybridized carbons (Fsp3) is 0.538. The molecule has 0 aromatic heterocycles. The number of ether oxygens (including phenoxy) is 2. The molecule has 2 N–H and O–H groups in total. The van der Waals surface area contributed by atoms with Gasteiger partial charge in [0.2, 0.25) is 0 Å². The number of rotatable bonds is 5. The van der Waals surface area contributed by atoms with E-state index >= 15 is 0 Å². The van der Waals surface area contributed by atoms with Gasteiger partial charge in [-0.1, -0.05) is 13.8 Å². The molecule has 0 unspecified atom stereocenters.